The van der Waals surface area contributed by atoms with Gasteiger partial charge in [0.2, 0.25) is 10.0 Å². The van der Waals surface area contributed by atoms with Crippen molar-refractivity contribution in [2.45, 2.75) is 13.3 Å². The van der Waals surface area contributed by atoms with Crippen LogP contribution in [0.25, 0.3) is 0 Å². The monoisotopic (exact) mass is 203 g/mol. The maximum atomic E-state index is 11.5. The minimum atomic E-state index is -3.58. The molecule has 0 rings (SSSR count). The maximum Gasteiger partial charge on any atom is 0.242 e. The first-order chi connectivity index (χ1) is 5.84. The topological polar surface area (TPSA) is 57.6 Å². The van der Waals surface area contributed by atoms with Crippen molar-refractivity contribution in [3.05, 3.63) is 10.7 Å². The van der Waals surface area contributed by atoms with Crippen LogP contribution in [0.5, 0.6) is 0 Å². The lowest BCUT2D eigenvalue weighted by molar-refractivity contribution is 0.407. The molecule has 74 valence electrons. The van der Waals surface area contributed by atoms with Gasteiger partial charge in [-0.3, -0.25) is 0 Å². The lowest BCUT2D eigenvalue weighted by Gasteiger charge is -2.13. The standard InChI is InChI=1S/C8H13NO3S/c1-5-6-8(7(2)10)13(11,12)9(3)4/h1,10H,6H2,2-4H3/b8-7-. The number of aliphatic hydroxyl groups is 1. The van der Waals surface area contributed by atoms with Gasteiger partial charge in [0.05, 0.1) is 0 Å². The van der Waals surface area contributed by atoms with E-state index in [9.17, 15) is 8.42 Å². The highest BCUT2D eigenvalue weighted by molar-refractivity contribution is 7.93. The molecule has 0 spiro atoms. The van der Waals surface area contributed by atoms with E-state index in [2.05, 4.69) is 5.92 Å². The molecule has 0 heterocycles. The minimum Gasteiger partial charge on any atom is -0.512 e. The number of aliphatic hydroxyl groups excluding tert-OH is 1. The van der Waals surface area contributed by atoms with Crippen molar-refractivity contribution in [3.8, 4) is 12.3 Å². The molecule has 5 heteroatoms. The van der Waals surface area contributed by atoms with E-state index in [-0.39, 0.29) is 17.1 Å². The number of rotatable bonds is 3. The lowest BCUT2D eigenvalue weighted by atomic mass is 10.4. The molecule has 0 aromatic heterocycles. The molecule has 0 radical (unpaired) electrons. The third-order valence-electron chi connectivity index (χ3n) is 1.46. The second-order valence-corrected chi connectivity index (χ2v) is 4.85. The Morgan fingerprint density at radius 3 is 2.23 bits per heavy atom. The van der Waals surface area contributed by atoms with Crippen molar-refractivity contribution < 1.29 is 13.5 Å². The fraction of sp³-hybridized carbons (Fsp3) is 0.500. The fourth-order valence-electron chi connectivity index (χ4n) is 0.719. The molecule has 0 aromatic rings. The van der Waals surface area contributed by atoms with Gasteiger partial charge in [0.1, 0.15) is 10.7 Å². The van der Waals surface area contributed by atoms with E-state index in [4.69, 9.17) is 11.5 Å². The van der Waals surface area contributed by atoms with Crippen molar-refractivity contribution in [1.29, 1.82) is 0 Å². The summed E-state index contributed by atoms with van der Waals surface area (Å²) in [5, 5.41) is 9.11. The average Bonchev–Trinajstić information content (AvgIpc) is 1.98. The van der Waals surface area contributed by atoms with E-state index >= 15 is 0 Å². The first kappa shape index (κ1) is 12.0. The Hall–Kier alpha value is -0.990. The van der Waals surface area contributed by atoms with Gasteiger partial charge in [-0.2, -0.15) is 0 Å². The molecule has 0 unspecified atom stereocenters. The van der Waals surface area contributed by atoms with Crippen LogP contribution in [0.15, 0.2) is 10.7 Å². The largest absolute Gasteiger partial charge is 0.512 e. The number of hydrogen-bond acceptors (Lipinski definition) is 3. The lowest BCUT2D eigenvalue weighted by Crippen LogP contribution is -2.24. The molecular weight excluding hydrogens is 190 g/mol. The van der Waals surface area contributed by atoms with Gasteiger partial charge in [-0.1, -0.05) is 0 Å². The van der Waals surface area contributed by atoms with Gasteiger partial charge in [-0.25, -0.2) is 12.7 Å². The van der Waals surface area contributed by atoms with E-state index in [0.717, 1.165) is 4.31 Å². The predicted octanol–water partition coefficient (Wildman–Crippen LogP) is 0.691. The summed E-state index contributed by atoms with van der Waals surface area (Å²) in [6.45, 7) is 1.30. The van der Waals surface area contributed by atoms with Gasteiger partial charge in [-0.05, 0) is 6.92 Å². The van der Waals surface area contributed by atoms with Crippen LogP contribution in [0.2, 0.25) is 0 Å². The van der Waals surface area contributed by atoms with Gasteiger partial charge in [0.25, 0.3) is 0 Å². The molecule has 0 atom stereocenters. The van der Waals surface area contributed by atoms with Crippen LogP contribution in [0.3, 0.4) is 0 Å². The van der Waals surface area contributed by atoms with E-state index in [1.165, 1.54) is 21.0 Å². The second-order valence-electron chi connectivity index (χ2n) is 2.68. The molecule has 4 nitrogen and oxygen atoms in total. The number of allylic oxidation sites excluding steroid dienone is 2. The first-order valence-electron chi connectivity index (χ1n) is 3.58. The van der Waals surface area contributed by atoms with Crippen molar-refractivity contribution in [2.24, 2.45) is 0 Å². The Labute approximate surface area is 78.9 Å². The van der Waals surface area contributed by atoms with E-state index < -0.39 is 10.0 Å². The summed E-state index contributed by atoms with van der Waals surface area (Å²) in [5.74, 6) is 1.93. The number of terminal acetylenes is 1. The van der Waals surface area contributed by atoms with Gasteiger partial charge in [0, 0.05) is 20.5 Å². The summed E-state index contributed by atoms with van der Waals surface area (Å²) < 4.78 is 24.0. The van der Waals surface area contributed by atoms with Crippen LogP contribution in [0.1, 0.15) is 13.3 Å². The molecule has 1 N–H and O–H groups in total. The highest BCUT2D eigenvalue weighted by atomic mass is 32.2. The Balaban J connectivity index is 5.27. The third-order valence-corrected chi connectivity index (χ3v) is 3.48. The Kier molecular flexibility index (Phi) is 3.98. The van der Waals surface area contributed by atoms with Crippen LogP contribution in [0, 0.1) is 12.3 Å². The van der Waals surface area contributed by atoms with Crippen LogP contribution in [-0.2, 0) is 10.0 Å². The van der Waals surface area contributed by atoms with Crippen LogP contribution in [-0.4, -0.2) is 31.9 Å². The van der Waals surface area contributed by atoms with Gasteiger partial charge in [-0.15, -0.1) is 12.3 Å². The highest BCUT2D eigenvalue weighted by Crippen LogP contribution is 2.16. The normalized spacial score (nSPS) is 13.8. The fourth-order valence-corrected chi connectivity index (χ4v) is 1.80. The average molecular weight is 203 g/mol. The van der Waals surface area contributed by atoms with Crippen LogP contribution in [0.4, 0.5) is 0 Å². The highest BCUT2D eigenvalue weighted by Gasteiger charge is 2.22. The van der Waals surface area contributed by atoms with Crippen molar-refractivity contribution in [3.63, 3.8) is 0 Å². The van der Waals surface area contributed by atoms with Crippen molar-refractivity contribution in [2.75, 3.05) is 14.1 Å². The molecule has 0 saturated heterocycles. The molecule has 0 aromatic carbocycles. The quantitative estimate of drug-likeness (QED) is 0.542. The summed E-state index contributed by atoms with van der Waals surface area (Å²) in [4.78, 5) is -0.125. The summed E-state index contributed by atoms with van der Waals surface area (Å²) in [5.41, 5.74) is 0. The van der Waals surface area contributed by atoms with Crippen molar-refractivity contribution in [1.82, 2.24) is 4.31 Å². The van der Waals surface area contributed by atoms with Crippen LogP contribution >= 0.6 is 0 Å². The van der Waals surface area contributed by atoms with E-state index in [1.807, 2.05) is 0 Å². The molecular formula is C8H13NO3S. The molecule has 13 heavy (non-hydrogen) atoms. The number of nitrogens with zero attached hydrogens (tertiary/aromatic N) is 1. The molecule has 0 aliphatic rings. The molecule has 0 saturated carbocycles. The maximum absolute atomic E-state index is 11.5. The van der Waals surface area contributed by atoms with Gasteiger partial charge in [0.15, 0.2) is 0 Å². The summed E-state index contributed by atoms with van der Waals surface area (Å²) in [6.07, 6.45) is 4.89. The molecule has 0 amide bonds. The SMILES string of the molecule is C#CC/C(=C(\C)O)S(=O)(=O)N(C)C. The summed E-state index contributed by atoms with van der Waals surface area (Å²) in [6, 6.07) is 0. The summed E-state index contributed by atoms with van der Waals surface area (Å²) in [7, 11) is -0.812. The predicted molar refractivity (Wildman–Crippen MR) is 51.4 cm³/mol. The second kappa shape index (κ2) is 4.30. The van der Waals surface area contributed by atoms with Crippen LogP contribution < -0.4 is 0 Å². The Morgan fingerprint density at radius 2 is 2.00 bits per heavy atom. The Morgan fingerprint density at radius 1 is 1.54 bits per heavy atom. The van der Waals surface area contributed by atoms with E-state index in [1.54, 1.807) is 0 Å². The Bertz CT molecular complexity index is 342. The van der Waals surface area contributed by atoms with E-state index in [0.29, 0.717) is 0 Å². The van der Waals surface area contributed by atoms with Crippen molar-refractivity contribution >= 4 is 10.0 Å². The first-order valence-corrected chi connectivity index (χ1v) is 5.02. The number of hydrogen-bond donors (Lipinski definition) is 1. The molecule has 0 bridgehead atoms. The third kappa shape index (κ3) is 2.76. The summed E-state index contributed by atoms with van der Waals surface area (Å²) >= 11 is 0. The molecule has 0 aliphatic heterocycles. The zero-order chi connectivity index (χ0) is 10.6. The molecule has 0 aliphatic carbocycles. The zero-order valence-corrected chi connectivity index (χ0v) is 8.72. The minimum absolute atomic E-state index is 0.0944. The van der Waals surface area contributed by atoms with Gasteiger partial charge < -0.3 is 5.11 Å². The smallest absolute Gasteiger partial charge is 0.242 e. The zero-order valence-electron chi connectivity index (χ0n) is 7.90. The molecule has 0 fully saturated rings. The number of sulfonamides is 1. The van der Waals surface area contributed by atoms with Gasteiger partial charge >= 0.3 is 0 Å².